The standard InChI is InChI=1S/C17H27N/c1-4-10-18-12-13(2)14(3)16-11-17(16)15-8-6-5-7-9-15/h5-9,13-14,16-18H,4,10-12H2,1-3H3. The lowest BCUT2D eigenvalue weighted by molar-refractivity contribution is 0.327. The molecule has 0 bridgehead atoms. The van der Waals surface area contributed by atoms with Gasteiger partial charge in [-0.2, -0.15) is 0 Å². The zero-order valence-corrected chi connectivity index (χ0v) is 12.0. The number of rotatable bonds is 7. The second-order valence-electron chi connectivity index (χ2n) is 5.96. The summed E-state index contributed by atoms with van der Waals surface area (Å²) in [5.74, 6) is 3.36. The van der Waals surface area contributed by atoms with Gasteiger partial charge >= 0.3 is 0 Å². The maximum Gasteiger partial charge on any atom is -0.00205 e. The summed E-state index contributed by atoms with van der Waals surface area (Å²) in [5.41, 5.74) is 1.54. The Labute approximate surface area is 112 Å². The van der Waals surface area contributed by atoms with Crippen LogP contribution in [0.3, 0.4) is 0 Å². The molecule has 1 aromatic carbocycles. The predicted molar refractivity (Wildman–Crippen MR) is 78.8 cm³/mol. The summed E-state index contributed by atoms with van der Waals surface area (Å²) in [6.45, 7) is 9.39. The van der Waals surface area contributed by atoms with Crippen LogP contribution < -0.4 is 5.32 Å². The van der Waals surface area contributed by atoms with Crippen molar-refractivity contribution >= 4 is 0 Å². The smallest absolute Gasteiger partial charge is 0.00205 e. The first-order valence-corrected chi connectivity index (χ1v) is 7.49. The summed E-state index contributed by atoms with van der Waals surface area (Å²) in [6.07, 6.45) is 2.63. The lowest BCUT2D eigenvalue weighted by atomic mass is 9.89. The molecule has 0 spiro atoms. The van der Waals surface area contributed by atoms with Crippen molar-refractivity contribution in [3.8, 4) is 0 Å². The molecule has 1 N–H and O–H groups in total. The average Bonchev–Trinajstić information content (AvgIpc) is 3.19. The molecule has 2 rings (SSSR count). The summed E-state index contributed by atoms with van der Waals surface area (Å²) in [5, 5.41) is 3.55. The van der Waals surface area contributed by atoms with Gasteiger partial charge in [-0.05, 0) is 55.2 Å². The molecule has 4 atom stereocenters. The lowest BCUT2D eigenvalue weighted by Crippen LogP contribution is -2.26. The monoisotopic (exact) mass is 245 g/mol. The zero-order valence-electron chi connectivity index (χ0n) is 12.0. The highest BCUT2D eigenvalue weighted by atomic mass is 14.9. The Hall–Kier alpha value is -0.820. The van der Waals surface area contributed by atoms with Crippen LogP contribution in [0.25, 0.3) is 0 Å². The largest absolute Gasteiger partial charge is 0.316 e. The van der Waals surface area contributed by atoms with Crippen LogP contribution in [0, 0.1) is 17.8 Å². The highest BCUT2D eigenvalue weighted by Gasteiger charge is 2.43. The van der Waals surface area contributed by atoms with E-state index in [0.717, 1.165) is 30.2 Å². The Morgan fingerprint density at radius 3 is 2.61 bits per heavy atom. The van der Waals surface area contributed by atoms with E-state index in [1.807, 2.05) is 0 Å². The van der Waals surface area contributed by atoms with E-state index in [9.17, 15) is 0 Å². The van der Waals surface area contributed by atoms with E-state index >= 15 is 0 Å². The molecule has 0 radical (unpaired) electrons. The Morgan fingerprint density at radius 2 is 1.94 bits per heavy atom. The summed E-state index contributed by atoms with van der Waals surface area (Å²) in [7, 11) is 0. The minimum absolute atomic E-state index is 0.787. The first kappa shape index (κ1) is 13.6. The molecule has 4 unspecified atom stereocenters. The van der Waals surface area contributed by atoms with E-state index in [2.05, 4.69) is 56.4 Å². The van der Waals surface area contributed by atoms with E-state index in [4.69, 9.17) is 0 Å². The molecule has 0 aliphatic heterocycles. The van der Waals surface area contributed by atoms with Gasteiger partial charge in [0.1, 0.15) is 0 Å². The second kappa shape index (κ2) is 6.38. The van der Waals surface area contributed by atoms with Crippen molar-refractivity contribution in [1.82, 2.24) is 5.32 Å². The first-order chi connectivity index (χ1) is 8.74. The van der Waals surface area contributed by atoms with Crippen LogP contribution >= 0.6 is 0 Å². The third kappa shape index (κ3) is 3.35. The van der Waals surface area contributed by atoms with Crippen molar-refractivity contribution < 1.29 is 0 Å². The lowest BCUT2D eigenvalue weighted by Gasteiger charge is -2.20. The molecule has 1 heteroatoms. The van der Waals surface area contributed by atoms with E-state index in [-0.39, 0.29) is 0 Å². The van der Waals surface area contributed by atoms with Gasteiger partial charge in [0.15, 0.2) is 0 Å². The molecule has 0 amide bonds. The molecular weight excluding hydrogens is 218 g/mol. The van der Waals surface area contributed by atoms with E-state index < -0.39 is 0 Å². The van der Waals surface area contributed by atoms with Gasteiger partial charge in [-0.15, -0.1) is 0 Å². The summed E-state index contributed by atoms with van der Waals surface area (Å²) >= 11 is 0. The first-order valence-electron chi connectivity index (χ1n) is 7.49. The van der Waals surface area contributed by atoms with Crippen LogP contribution in [0.2, 0.25) is 0 Å². The zero-order chi connectivity index (χ0) is 13.0. The number of nitrogens with one attached hydrogen (secondary N) is 1. The highest BCUT2D eigenvalue weighted by Crippen LogP contribution is 2.53. The Morgan fingerprint density at radius 1 is 1.22 bits per heavy atom. The Bertz CT molecular complexity index is 346. The molecule has 0 aromatic heterocycles. The minimum Gasteiger partial charge on any atom is -0.316 e. The van der Waals surface area contributed by atoms with Crippen molar-refractivity contribution in [3.05, 3.63) is 35.9 Å². The fourth-order valence-electron chi connectivity index (χ4n) is 2.99. The predicted octanol–water partition coefficient (Wildman–Crippen LogP) is 4.06. The average molecular weight is 245 g/mol. The fourth-order valence-corrected chi connectivity index (χ4v) is 2.99. The molecule has 1 aliphatic rings. The van der Waals surface area contributed by atoms with Crippen LogP contribution in [-0.2, 0) is 0 Å². The Kier molecular flexibility index (Phi) is 4.82. The summed E-state index contributed by atoms with van der Waals surface area (Å²) in [4.78, 5) is 0. The molecule has 1 saturated carbocycles. The van der Waals surface area contributed by atoms with E-state index in [1.54, 1.807) is 5.56 Å². The van der Waals surface area contributed by atoms with Gasteiger partial charge in [-0.25, -0.2) is 0 Å². The number of benzene rings is 1. The van der Waals surface area contributed by atoms with Gasteiger partial charge in [0, 0.05) is 0 Å². The van der Waals surface area contributed by atoms with Gasteiger partial charge in [-0.1, -0.05) is 51.1 Å². The molecule has 1 fully saturated rings. The van der Waals surface area contributed by atoms with Gasteiger partial charge in [0.2, 0.25) is 0 Å². The molecule has 0 heterocycles. The van der Waals surface area contributed by atoms with Gasteiger partial charge in [-0.3, -0.25) is 0 Å². The Balaban J connectivity index is 1.80. The van der Waals surface area contributed by atoms with Crippen LogP contribution in [-0.4, -0.2) is 13.1 Å². The quantitative estimate of drug-likeness (QED) is 0.714. The third-order valence-corrected chi connectivity index (χ3v) is 4.53. The van der Waals surface area contributed by atoms with Gasteiger partial charge in [0.05, 0.1) is 0 Å². The van der Waals surface area contributed by atoms with Crippen molar-refractivity contribution in [2.24, 2.45) is 17.8 Å². The molecule has 100 valence electrons. The summed E-state index contributed by atoms with van der Waals surface area (Å²) in [6, 6.07) is 11.0. The normalized spacial score (nSPS) is 25.7. The highest BCUT2D eigenvalue weighted by molar-refractivity contribution is 5.26. The van der Waals surface area contributed by atoms with Crippen LogP contribution in [0.4, 0.5) is 0 Å². The molecule has 1 nitrogen and oxygen atoms in total. The molecular formula is C17H27N. The van der Waals surface area contributed by atoms with Crippen molar-refractivity contribution in [1.29, 1.82) is 0 Å². The van der Waals surface area contributed by atoms with Crippen molar-refractivity contribution in [3.63, 3.8) is 0 Å². The van der Waals surface area contributed by atoms with Crippen LogP contribution in [0.1, 0.15) is 45.1 Å². The molecule has 18 heavy (non-hydrogen) atoms. The minimum atomic E-state index is 0.787. The van der Waals surface area contributed by atoms with Crippen molar-refractivity contribution in [2.75, 3.05) is 13.1 Å². The van der Waals surface area contributed by atoms with Gasteiger partial charge < -0.3 is 5.32 Å². The van der Waals surface area contributed by atoms with E-state index in [0.29, 0.717) is 0 Å². The fraction of sp³-hybridized carbons (Fsp3) is 0.647. The maximum absolute atomic E-state index is 3.55. The van der Waals surface area contributed by atoms with E-state index in [1.165, 1.54) is 19.4 Å². The maximum atomic E-state index is 3.55. The molecule has 0 saturated heterocycles. The number of hydrogen-bond donors (Lipinski definition) is 1. The van der Waals surface area contributed by atoms with Gasteiger partial charge in [0.25, 0.3) is 0 Å². The third-order valence-electron chi connectivity index (χ3n) is 4.53. The van der Waals surface area contributed by atoms with Crippen molar-refractivity contribution in [2.45, 2.75) is 39.5 Å². The second-order valence-corrected chi connectivity index (χ2v) is 5.96. The summed E-state index contributed by atoms with van der Waals surface area (Å²) < 4.78 is 0. The molecule has 1 aromatic rings. The SMILES string of the molecule is CCCNCC(C)C(C)C1CC1c1ccccc1. The van der Waals surface area contributed by atoms with Crippen LogP contribution in [0.15, 0.2) is 30.3 Å². The number of hydrogen-bond acceptors (Lipinski definition) is 1. The molecule has 1 aliphatic carbocycles. The van der Waals surface area contributed by atoms with Crippen LogP contribution in [0.5, 0.6) is 0 Å². The topological polar surface area (TPSA) is 12.0 Å².